The number of rotatable bonds is 5. The quantitative estimate of drug-likeness (QED) is 0.919. The van der Waals surface area contributed by atoms with Crippen molar-refractivity contribution >= 4 is 5.91 Å². The summed E-state index contributed by atoms with van der Waals surface area (Å²) in [5.74, 6) is -0.0671. The minimum absolute atomic E-state index is 0.0671. The van der Waals surface area contributed by atoms with Crippen LogP contribution < -0.4 is 0 Å². The van der Waals surface area contributed by atoms with Crippen LogP contribution in [0.2, 0.25) is 0 Å². The summed E-state index contributed by atoms with van der Waals surface area (Å²) in [6, 6.07) is 17.2. The molecule has 0 radical (unpaired) electrons. The second kappa shape index (κ2) is 5.93. The van der Waals surface area contributed by atoms with Gasteiger partial charge < -0.3 is 10.0 Å². The highest BCUT2D eigenvalue weighted by Crippen LogP contribution is 2.39. The van der Waals surface area contributed by atoms with E-state index in [1.807, 2.05) is 48.5 Å². The molecule has 2 aromatic rings. The van der Waals surface area contributed by atoms with Crippen molar-refractivity contribution in [3.8, 4) is 0 Å². The van der Waals surface area contributed by atoms with Crippen LogP contribution in [-0.4, -0.2) is 22.5 Å². The lowest BCUT2D eigenvalue weighted by atomic mass is 9.94. The minimum atomic E-state index is -1.25. The number of aliphatic hydroxyl groups is 1. The average Bonchev–Trinajstić information content (AvgIpc) is 2.75. The van der Waals surface area contributed by atoms with Crippen LogP contribution in [0, 0.1) is 0 Å². The van der Waals surface area contributed by atoms with Gasteiger partial charge in [-0.2, -0.15) is 0 Å². The predicted molar refractivity (Wildman–Crippen MR) is 86.4 cm³/mol. The summed E-state index contributed by atoms with van der Waals surface area (Å²) in [4.78, 5) is 14.3. The van der Waals surface area contributed by atoms with Crippen molar-refractivity contribution in [2.75, 3.05) is 6.54 Å². The number of carbonyl (C=O) groups excluding carboxylic acids is 1. The Hall–Kier alpha value is -2.13. The van der Waals surface area contributed by atoms with Gasteiger partial charge in [-0.15, -0.1) is 0 Å². The summed E-state index contributed by atoms with van der Waals surface area (Å²) in [6.07, 6.45) is 2.29. The first-order valence-electron chi connectivity index (χ1n) is 7.84. The molecule has 22 heavy (non-hydrogen) atoms. The standard InChI is InChI=1S/C19H21NO2/c1-2-3-13-20-18(21)16-11-7-8-12-17(16)19(20,22)14-15-9-5-4-6-10-15/h4-12,22H,2-3,13-14H2,1H3. The molecule has 0 saturated heterocycles. The van der Waals surface area contributed by atoms with Gasteiger partial charge in [0.2, 0.25) is 0 Å². The summed E-state index contributed by atoms with van der Waals surface area (Å²) in [6.45, 7) is 2.66. The van der Waals surface area contributed by atoms with Gasteiger partial charge in [-0.1, -0.05) is 61.9 Å². The zero-order valence-electron chi connectivity index (χ0n) is 12.8. The maximum atomic E-state index is 12.7. The van der Waals surface area contributed by atoms with Gasteiger partial charge in [0.25, 0.3) is 5.91 Å². The Morgan fingerprint density at radius 1 is 1.05 bits per heavy atom. The first-order valence-corrected chi connectivity index (χ1v) is 7.84. The zero-order valence-corrected chi connectivity index (χ0v) is 12.8. The highest BCUT2D eigenvalue weighted by Gasteiger charge is 2.47. The summed E-state index contributed by atoms with van der Waals surface area (Å²) >= 11 is 0. The lowest BCUT2D eigenvalue weighted by molar-refractivity contribution is -0.0839. The van der Waals surface area contributed by atoms with Crippen LogP contribution >= 0.6 is 0 Å². The lowest BCUT2D eigenvalue weighted by Gasteiger charge is -2.34. The molecule has 0 saturated carbocycles. The minimum Gasteiger partial charge on any atom is -0.366 e. The van der Waals surface area contributed by atoms with Gasteiger partial charge in [0, 0.05) is 24.1 Å². The number of fused-ring (bicyclic) bond motifs is 1. The molecule has 0 fully saturated rings. The van der Waals surface area contributed by atoms with E-state index in [0.717, 1.165) is 24.0 Å². The van der Waals surface area contributed by atoms with Crippen molar-refractivity contribution in [2.24, 2.45) is 0 Å². The maximum Gasteiger partial charge on any atom is 0.256 e. The number of benzene rings is 2. The Kier molecular flexibility index (Phi) is 3.99. The topological polar surface area (TPSA) is 40.5 Å². The van der Waals surface area contributed by atoms with E-state index < -0.39 is 5.72 Å². The molecule has 1 N–H and O–H groups in total. The van der Waals surface area contributed by atoms with Crippen LogP contribution in [0.15, 0.2) is 54.6 Å². The van der Waals surface area contributed by atoms with Gasteiger partial charge in [-0.05, 0) is 18.1 Å². The first kappa shape index (κ1) is 14.8. The van der Waals surface area contributed by atoms with E-state index in [9.17, 15) is 9.90 Å². The van der Waals surface area contributed by atoms with Crippen molar-refractivity contribution < 1.29 is 9.90 Å². The van der Waals surface area contributed by atoms with E-state index in [-0.39, 0.29) is 5.91 Å². The third-order valence-electron chi connectivity index (χ3n) is 4.31. The molecule has 0 bridgehead atoms. The van der Waals surface area contributed by atoms with Crippen LogP contribution in [0.4, 0.5) is 0 Å². The summed E-state index contributed by atoms with van der Waals surface area (Å²) in [7, 11) is 0. The number of amides is 1. The van der Waals surface area contributed by atoms with Gasteiger partial charge in [-0.3, -0.25) is 4.79 Å². The summed E-state index contributed by atoms with van der Waals surface area (Å²) < 4.78 is 0. The molecule has 3 heteroatoms. The van der Waals surface area contributed by atoms with Crippen LogP contribution in [-0.2, 0) is 12.1 Å². The summed E-state index contributed by atoms with van der Waals surface area (Å²) in [5.41, 5.74) is 1.12. The number of nitrogens with zero attached hydrogens (tertiary/aromatic N) is 1. The van der Waals surface area contributed by atoms with Crippen molar-refractivity contribution in [2.45, 2.75) is 31.9 Å². The fraction of sp³-hybridized carbons (Fsp3) is 0.316. The number of carbonyl (C=O) groups is 1. The molecule has 114 valence electrons. The lowest BCUT2D eigenvalue weighted by Crippen LogP contribution is -2.46. The van der Waals surface area contributed by atoms with Crippen molar-refractivity contribution in [3.63, 3.8) is 0 Å². The van der Waals surface area contributed by atoms with Gasteiger partial charge in [-0.25, -0.2) is 0 Å². The maximum absolute atomic E-state index is 12.7. The Morgan fingerprint density at radius 2 is 1.73 bits per heavy atom. The SMILES string of the molecule is CCCCN1C(=O)c2ccccc2C1(O)Cc1ccccc1. The Balaban J connectivity index is 2.01. The molecule has 1 aliphatic heterocycles. The molecule has 1 heterocycles. The van der Waals surface area contributed by atoms with Gasteiger partial charge in [0.15, 0.2) is 5.72 Å². The average molecular weight is 295 g/mol. The highest BCUT2D eigenvalue weighted by atomic mass is 16.3. The second-order valence-corrected chi connectivity index (χ2v) is 5.83. The summed E-state index contributed by atoms with van der Waals surface area (Å²) in [5, 5.41) is 11.4. The molecule has 1 atom stereocenters. The van der Waals surface area contributed by atoms with Crippen LogP contribution in [0.3, 0.4) is 0 Å². The largest absolute Gasteiger partial charge is 0.366 e. The van der Waals surface area contributed by atoms with E-state index in [4.69, 9.17) is 0 Å². The van der Waals surface area contributed by atoms with Crippen molar-refractivity contribution in [1.82, 2.24) is 4.90 Å². The molecule has 3 nitrogen and oxygen atoms in total. The van der Waals surface area contributed by atoms with Gasteiger partial charge >= 0.3 is 0 Å². The molecule has 1 unspecified atom stereocenters. The zero-order chi connectivity index (χ0) is 15.6. The van der Waals surface area contributed by atoms with E-state index >= 15 is 0 Å². The van der Waals surface area contributed by atoms with Gasteiger partial charge in [0.1, 0.15) is 0 Å². The third-order valence-corrected chi connectivity index (χ3v) is 4.31. The molecule has 0 spiro atoms. The Morgan fingerprint density at radius 3 is 2.45 bits per heavy atom. The molecule has 2 aromatic carbocycles. The van der Waals surface area contributed by atoms with Crippen molar-refractivity contribution in [3.05, 3.63) is 71.3 Å². The third kappa shape index (κ3) is 2.42. The molecular weight excluding hydrogens is 274 g/mol. The molecule has 1 aliphatic rings. The molecule has 0 aromatic heterocycles. The fourth-order valence-corrected chi connectivity index (χ4v) is 3.15. The number of unbranched alkanes of at least 4 members (excludes halogenated alkanes) is 1. The fourth-order valence-electron chi connectivity index (χ4n) is 3.15. The molecule has 1 amide bonds. The van der Waals surface area contributed by atoms with E-state index in [1.54, 1.807) is 11.0 Å². The first-order chi connectivity index (χ1) is 10.7. The Bertz CT molecular complexity index is 668. The van der Waals surface area contributed by atoms with Crippen LogP contribution in [0.1, 0.15) is 41.3 Å². The monoisotopic (exact) mass is 295 g/mol. The highest BCUT2D eigenvalue weighted by molar-refractivity contribution is 5.99. The predicted octanol–water partition coefficient (Wildman–Crippen LogP) is 3.33. The second-order valence-electron chi connectivity index (χ2n) is 5.83. The molecule has 0 aliphatic carbocycles. The van der Waals surface area contributed by atoms with E-state index in [2.05, 4.69) is 6.92 Å². The Labute approximate surface area is 131 Å². The number of hydrogen-bond donors (Lipinski definition) is 1. The normalized spacial score (nSPS) is 20.3. The van der Waals surface area contributed by atoms with E-state index in [0.29, 0.717) is 18.5 Å². The van der Waals surface area contributed by atoms with Crippen molar-refractivity contribution in [1.29, 1.82) is 0 Å². The molecular formula is C19H21NO2. The van der Waals surface area contributed by atoms with E-state index in [1.165, 1.54) is 0 Å². The number of hydrogen-bond acceptors (Lipinski definition) is 2. The smallest absolute Gasteiger partial charge is 0.256 e. The van der Waals surface area contributed by atoms with Gasteiger partial charge in [0.05, 0.1) is 0 Å². The molecule has 3 rings (SSSR count). The van der Waals surface area contributed by atoms with Crippen LogP contribution in [0.25, 0.3) is 0 Å². The van der Waals surface area contributed by atoms with Crippen LogP contribution in [0.5, 0.6) is 0 Å².